The molecule has 0 heterocycles. The first-order valence-corrected chi connectivity index (χ1v) is 4.16. The molecule has 1 aromatic rings. The molecule has 2 heteroatoms. The topological polar surface area (TPSA) is 29.1 Å². The molecule has 1 aliphatic carbocycles. The summed E-state index contributed by atoms with van der Waals surface area (Å²) in [5.41, 5.74) is 3.19. The number of rotatable bonds is 1. The second-order valence-electron chi connectivity index (χ2n) is 3.00. The van der Waals surface area contributed by atoms with Crippen LogP contribution in [0.2, 0.25) is 0 Å². The Kier molecular flexibility index (Phi) is 1.61. The van der Waals surface area contributed by atoms with Crippen LogP contribution in [-0.4, -0.2) is 12.8 Å². The molecule has 2 nitrogen and oxygen atoms in total. The van der Waals surface area contributed by atoms with Gasteiger partial charge in [-0.1, -0.05) is 12.1 Å². The van der Waals surface area contributed by atoms with Crippen LogP contribution < -0.4 is 5.32 Å². The van der Waals surface area contributed by atoms with Crippen LogP contribution in [0.4, 0.5) is 5.69 Å². The van der Waals surface area contributed by atoms with Crippen LogP contribution in [0.25, 0.3) is 0 Å². The summed E-state index contributed by atoms with van der Waals surface area (Å²) in [6.45, 7) is 0. The van der Waals surface area contributed by atoms with Crippen molar-refractivity contribution in [3.63, 3.8) is 0 Å². The van der Waals surface area contributed by atoms with Crippen LogP contribution in [0.1, 0.15) is 22.3 Å². The van der Waals surface area contributed by atoms with Gasteiger partial charge in [0.25, 0.3) is 0 Å². The van der Waals surface area contributed by atoms with E-state index in [1.165, 1.54) is 5.56 Å². The van der Waals surface area contributed by atoms with Crippen molar-refractivity contribution in [2.24, 2.45) is 0 Å². The number of fused-ring (bicyclic) bond motifs is 1. The Morgan fingerprint density at radius 3 is 2.92 bits per heavy atom. The van der Waals surface area contributed by atoms with Crippen molar-refractivity contribution in [1.82, 2.24) is 0 Å². The maximum atomic E-state index is 11.3. The fourth-order valence-corrected chi connectivity index (χ4v) is 1.72. The minimum Gasteiger partial charge on any atom is -0.388 e. The molecule has 1 N–H and O–H groups in total. The monoisotopic (exact) mass is 161 g/mol. The van der Waals surface area contributed by atoms with E-state index >= 15 is 0 Å². The summed E-state index contributed by atoms with van der Waals surface area (Å²) in [5.74, 6) is 0.280. The maximum absolute atomic E-state index is 11.3. The molecular weight excluding hydrogens is 150 g/mol. The van der Waals surface area contributed by atoms with Crippen LogP contribution in [0, 0.1) is 0 Å². The number of carbonyl (C=O) groups is 1. The zero-order valence-electron chi connectivity index (χ0n) is 7.05. The molecule has 0 radical (unpaired) electrons. The van der Waals surface area contributed by atoms with Crippen molar-refractivity contribution < 1.29 is 4.79 Å². The molecule has 0 atom stereocenters. The zero-order chi connectivity index (χ0) is 8.55. The van der Waals surface area contributed by atoms with E-state index in [1.54, 1.807) is 0 Å². The predicted molar refractivity (Wildman–Crippen MR) is 48.6 cm³/mol. The third kappa shape index (κ3) is 0.916. The van der Waals surface area contributed by atoms with Gasteiger partial charge in [0.2, 0.25) is 0 Å². The molecular formula is C10H11NO. The lowest BCUT2D eigenvalue weighted by Crippen LogP contribution is -1.95. The molecule has 2 rings (SSSR count). The Morgan fingerprint density at radius 2 is 2.17 bits per heavy atom. The second-order valence-corrected chi connectivity index (χ2v) is 3.00. The average molecular weight is 161 g/mol. The number of Topliss-reactive ketones (excluding diaryl/α,β-unsaturated/α-hetero) is 1. The van der Waals surface area contributed by atoms with E-state index in [2.05, 4.69) is 5.32 Å². The number of nitrogens with one attached hydrogen (secondary N) is 1. The molecule has 0 unspecified atom stereocenters. The highest BCUT2D eigenvalue weighted by Gasteiger charge is 2.20. The third-order valence-electron chi connectivity index (χ3n) is 2.35. The van der Waals surface area contributed by atoms with E-state index in [1.807, 2.05) is 25.2 Å². The van der Waals surface area contributed by atoms with Gasteiger partial charge in [-0.05, 0) is 18.1 Å². The van der Waals surface area contributed by atoms with Crippen molar-refractivity contribution >= 4 is 11.5 Å². The Labute approximate surface area is 71.6 Å². The number of hydrogen-bond donors (Lipinski definition) is 1. The summed E-state index contributed by atoms with van der Waals surface area (Å²) in [4.78, 5) is 11.3. The Morgan fingerprint density at radius 1 is 1.33 bits per heavy atom. The molecule has 0 fully saturated rings. The highest BCUT2D eigenvalue weighted by molar-refractivity contribution is 6.01. The number of hydrogen-bond acceptors (Lipinski definition) is 2. The fourth-order valence-electron chi connectivity index (χ4n) is 1.72. The van der Waals surface area contributed by atoms with Gasteiger partial charge in [0.1, 0.15) is 0 Å². The summed E-state index contributed by atoms with van der Waals surface area (Å²) in [7, 11) is 1.89. The number of carbonyl (C=O) groups excluding carboxylic acids is 1. The van der Waals surface area contributed by atoms with Gasteiger partial charge < -0.3 is 5.32 Å². The summed E-state index contributed by atoms with van der Waals surface area (Å²) < 4.78 is 0. The van der Waals surface area contributed by atoms with E-state index in [4.69, 9.17) is 0 Å². The predicted octanol–water partition coefficient (Wildman–Crippen LogP) is 1.86. The van der Waals surface area contributed by atoms with Crippen molar-refractivity contribution in [3.05, 3.63) is 29.3 Å². The average Bonchev–Trinajstić information content (AvgIpc) is 2.48. The van der Waals surface area contributed by atoms with Gasteiger partial charge in [-0.3, -0.25) is 4.79 Å². The van der Waals surface area contributed by atoms with Crippen LogP contribution in [-0.2, 0) is 6.42 Å². The minimum absolute atomic E-state index is 0.280. The second kappa shape index (κ2) is 2.63. The number of anilines is 1. The maximum Gasteiger partial charge on any atom is 0.163 e. The van der Waals surface area contributed by atoms with Gasteiger partial charge >= 0.3 is 0 Å². The van der Waals surface area contributed by atoms with Crippen LogP contribution in [0.5, 0.6) is 0 Å². The number of ketones is 1. The first-order chi connectivity index (χ1) is 5.83. The van der Waals surface area contributed by atoms with Gasteiger partial charge in [0.15, 0.2) is 5.78 Å². The summed E-state index contributed by atoms with van der Waals surface area (Å²) in [6.07, 6.45) is 1.57. The Bertz CT molecular complexity index is 331. The molecule has 0 spiro atoms. The molecule has 0 saturated heterocycles. The Balaban J connectivity index is 2.58. The van der Waals surface area contributed by atoms with Crippen LogP contribution >= 0.6 is 0 Å². The molecule has 12 heavy (non-hydrogen) atoms. The van der Waals surface area contributed by atoms with Gasteiger partial charge in [0.05, 0.1) is 0 Å². The molecule has 1 aromatic carbocycles. The first kappa shape index (κ1) is 7.35. The highest BCUT2D eigenvalue weighted by atomic mass is 16.1. The van der Waals surface area contributed by atoms with Gasteiger partial charge in [-0.15, -0.1) is 0 Å². The quantitative estimate of drug-likeness (QED) is 0.681. The van der Waals surface area contributed by atoms with Crippen molar-refractivity contribution in [3.8, 4) is 0 Å². The van der Waals surface area contributed by atoms with Crippen molar-refractivity contribution in [2.75, 3.05) is 12.4 Å². The molecule has 0 aromatic heterocycles. The van der Waals surface area contributed by atoms with E-state index in [9.17, 15) is 4.79 Å². The third-order valence-corrected chi connectivity index (χ3v) is 2.35. The van der Waals surface area contributed by atoms with Crippen LogP contribution in [0.15, 0.2) is 18.2 Å². The van der Waals surface area contributed by atoms with Crippen molar-refractivity contribution in [1.29, 1.82) is 0 Å². The smallest absolute Gasteiger partial charge is 0.163 e. The molecule has 0 saturated carbocycles. The van der Waals surface area contributed by atoms with E-state index < -0.39 is 0 Å². The molecule has 62 valence electrons. The summed E-state index contributed by atoms with van der Waals surface area (Å²) >= 11 is 0. The fraction of sp³-hybridized carbons (Fsp3) is 0.300. The number of benzene rings is 1. The highest BCUT2D eigenvalue weighted by Crippen LogP contribution is 2.28. The van der Waals surface area contributed by atoms with Gasteiger partial charge in [-0.2, -0.15) is 0 Å². The Hall–Kier alpha value is -1.31. The minimum atomic E-state index is 0.280. The van der Waals surface area contributed by atoms with E-state index in [0.29, 0.717) is 6.42 Å². The lowest BCUT2D eigenvalue weighted by molar-refractivity contribution is 0.0994. The lowest BCUT2D eigenvalue weighted by atomic mass is 10.1. The molecule has 1 aliphatic rings. The van der Waals surface area contributed by atoms with E-state index in [-0.39, 0.29) is 5.78 Å². The lowest BCUT2D eigenvalue weighted by Gasteiger charge is -2.05. The van der Waals surface area contributed by atoms with Gasteiger partial charge in [-0.25, -0.2) is 0 Å². The largest absolute Gasteiger partial charge is 0.388 e. The summed E-state index contributed by atoms with van der Waals surface area (Å²) in [6, 6.07) is 5.84. The van der Waals surface area contributed by atoms with Crippen molar-refractivity contribution in [2.45, 2.75) is 12.8 Å². The summed E-state index contributed by atoms with van der Waals surface area (Å²) in [5, 5.41) is 3.10. The molecule has 0 bridgehead atoms. The van der Waals surface area contributed by atoms with Gasteiger partial charge in [0, 0.05) is 24.7 Å². The first-order valence-electron chi connectivity index (χ1n) is 4.16. The van der Waals surface area contributed by atoms with Crippen LogP contribution in [0.3, 0.4) is 0 Å². The SMILES string of the molecule is CNc1cccc2c1CCC2=O. The molecule has 0 aliphatic heterocycles. The molecule has 0 amide bonds. The standard InChI is InChI=1S/C10H11NO/c1-11-9-4-2-3-8-7(9)5-6-10(8)12/h2-4,11H,5-6H2,1H3. The van der Waals surface area contributed by atoms with E-state index in [0.717, 1.165) is 17.7 Å². The zero-order valence-corrected chi connectivity index (χ0v) is 7.05. The normalized spacial score (nSPS) is 14.6.